The van der Waals surface area contributed by atoms with E-state index in [1.54, 1.807) is 13.8 Å². The molecule has 0 bridgehead atoms. The lowest BCUT2D eigenvalue weighted by Crippen LogP contribution is -2.23. The van der Waals surface area contributed by atoms with Gasteiger partial charge in [-0.3, -0.25) is 9.59 Å². The van der Waals surface area contributed by atoms with Crippen LogP contribution in [0.15, 0.2) is 22.3 Å². The first kappa shape index (κ1) is 42.3. The molecule has 12 nitrogen and oxygen atoms in total. The molecular formula is C34H54O12. The van der Waals surface area contributed by atoms with Crippen molar-refractivity contribution in [1.29, 1.82) is 0 Å². The summed E-state index contributed by atoms with van der Waals surface area (Å²) < 4.78 is 7.58. The molecule has 0 atom stereocenters. The molecule has 12 heteroatoms. The molecular weight excluding hydrogens is 600 g/mol. The van der Waals surface area contributed by atoms with E-state index in [2.05, 4.69) is 60.8 Å². The molecule has 0 aromatic carbocycles. The molecule has 0 aliphatic heterocycles. The Labute approximate surface area is 272 Å². The molecule has 0 radical (unpaired) electrons. The van der Waals surface area contributed by atoms with Gasteiger partial charge in [-0.05, 0) is 62.2 Å². The van der Waals surface area contributed by atoms with Gasteiger partial charge in [-0.15, -0.1) is 0 Å². The van der Waals surface area contributed by atoms with Gasteiger partial charge in [0.1, 0.15) is 0 Å². The van der Waals surface area contributed by atoms with Crippen LogP contribution in [-0.4, -0.2) is 46.4 Å². The molecule has 0 aromatic heterocycles. The van der Waals surface area contributed by atoms with Crippen molar-refractivity contribution in [3.63, 3.8) is 0 Å². The second-order valence-electron chi connectivity index (χ2n) is 13.7. The van der Waals surface area contributed by atoms with Gasteiger partial charge in [0, 0.05) is 25.0 Å². The van der Waals surface area contributed by atoms with E-state index in [0.29, 0.717) is 23.0 Å². The highest BCUT2D eigenvalue weighted by atomic mass is 17.3. The first-order valence-corrected chi connectivity index (χ1v) is 15.8. The highest BCUT2D eigenvalue weighted by Crippen LogP contribution is 2.42. The van der Waals surface area contributed by atoms with Crippen LogP contribution >= 0.6 is 0 Å². The summed E-state index contributed by atoms with van der Waals surface area (Å²) in [6.45, 7) is 18.2. The summed E-state index contributed by atoms with van der Waals surface area (Å²) in [6.07, 6.45) is 9.17. The van der Waals surface area contributed by atoms with Gasteiger partial charge in [-0.1, -0.05) is 91.2 Å². The Balaban J connectivity index is 0.000000663. The Bertz CT molecular complexity index is 1050. The van der Waals surface area contributed by atoms with Crippen LogP contribution in [0.2, 0.25) is 0 Å². The monoisotopic (exact) mass is 654 g/mol. The number of carbonyl (C=O) groups excluding carboxylic acids is 4. The number of carboxylic acids is 2. The van der Waals surface area contributed by atoms with E-state index in [9.17, 15) is 39.0 Å². The minimum absolute atomic E-state index is 0.0233. The summed E-state index contributed by atoms with van der Waals surface area (Å²) in [4.78, 5) is 70.5. The predicted molar refractivity (Wildman–Crippen MR) is 169 cm³/mol. The summed E-state index contributed by atoms with van der Waals surface area (Å²) in [5, 5.41) is 18.4. The number of hydrogen-bond donors (Lipinski definition) is 2. The Morgan fingerprint density at radius 3 is 0.957 bits per heavy atom. The molecule has 0 saturated heterocycles. The summed E-state index contributed by atoms with van der Waals surface area (Å²) in [6, 6.07) is 0. The second kappa shape index (κ2) is 19.7. The van der Waals surface area contributed by atoms with Gasteiger partial charge in [0.2, 0.25) is 0 Å². The van der Waals surface area contributed by atoms with E-state index >= 15 is 0 Å². The number of aliphatic carboxylic acids is 2. The average molecular weight is 655 g/mol. The van der Waals surface area contributed by atoms with Crippen molar-refractivity contribution in [2.24, 2.45) is 22.7 Å². The van der Waals surface area contributed by atoms with Gasteiger partial charge < -0.3 is 19.7 Å². The van der Waals surface area contributed by atoms with Crippen molar-refractivity contribution in [1.82, 2.24) is 0 Å². The Morgan fingerprint density at radius 2 is 0.761 bits per heavy atom. The molecule has 0 unspecified atom stereocenters. The summed E-state index contributed by atoms with van der Waals surface area (Å²) in [7, 11) is 0. The molecule has 0 amide bonds. The predicted octanol–water partition coefficient (Wildman–Crippen LogP) is 8.33. The van der Waals surface area contributed by atoms with Crippen molar-refractivity contribution in [3.05, 3.63) is 22.3 Å². The fraction of sp³-hybridized carbons (Fsp3) is 0.706. The second-order valence-corrected chi connectivity index (χ2v) is 13.7. The summed E-state index contributed by atoms with van der Waals surface area (Å²) in [5.74, 6) is -2.42. The van der Waals surface area contributed by atoms with Crippen LogP contribution < -0.4 is 0 Å². The maximum atomic E-state index is 11.2. The highest BCUT2D eigenvalue weighted by molar-refractivity contribution is 5.87. The SMILES string of the molecule is CC(=O)OC(=O)OOC(=O)OC(C)=O.CC(C(=O)O)=C(C1CCCCC1)C(C)(C)C.CC(C(=O)O)=C(C1CCCCC1)C(C)(C)C. The number of hydrogen-bond acceptors (Lipinski definition) is 10. The minimum Gasteiger partial charge on any atom is -0.478 e. The molecule has 46 heavy (non-hydrogen) atoms. The maximum Gasteiger partial charge on any atom is 0.558 e. The zero-order chi connectivity index (χ0) is 35.8. The standard InChI is InChI=1S/2C14H24O2.C6H6O8/c2*1-10(13(15)16)12(14(2,3)4)11-8-6-5-7-9-11;1-3(7)11-5(9)13-14-6(10)12-4(2)8/h2*11H,5-9H2,1-4H3,(H,15,16);1-2H3. The van der Waals surface area contributed by atoms with E-state index in [-0.39, 0.29) is 10.8 Å². The van der Waals surface area contributed by atoms with Crippen molar-refractivity contribution in [2.75, 3.05) is 0 Å². The Hall–Kier alpha value is -3.70. The number of allylic oxidation sites excluding steroid dienone is 2. The van der Waals surface area contributed by atoms with Crippen LogP contribution in [-0.2, 0) is 38.4 Å². The van der Waals surface area contributed by atoms with Gasteiger partial charge in [-0.2, -0.15) is 19.4 Å². The molecule has 0 aromatic rings. The lowest BCUT2D eigenvalue weighted by atomic mass is 9.71. The molecule has 0 spiro atoms. The molecule has 262 valence electrons. The molecule has 2 fully saturated rings. The van der Waals surface area contributed by atoms with E-state index in [4.69, 9.17) is 0 Å². The van der Waals surface area contributed by atoms with E-state index in [0.717, 1.165) is 39.5 Å². The molecule has 2 aliphatic rings. The zero-order valence-corrected chi connectivity index (χ0v) is 29.2. The van der Waals surface area contributed by atoms with Crippen LogP contribution in [0, 0.1) is 22.7 Å². The normalized spacial score (nSPS) is 16.8. The Kier molecular flexibility index (Phi) is 18.1. The molecule has 2 N–H and O–H groups in total. The van der Waals surface area contributed by atoms with E-state index in [1.807, 2.05) is 0 Å². The molecule has 2 aliphatic carbocycles. The third-order valence-electron chi connectivity index (χ3n) is 7.72. The Morgan fingerprint density at radius 1 is 0.500 bits per heavy atom. The fourth-order valence-electron chi connectivity index (χ4n) is 6.31. The third-order valence-corrected chi connectivity index (χ3v) is 7.72. The first-order valence-electron chi connectivity index (χ1n) is 15.8. The topological polar surface area (TPSA) is 180 Å². The third kappa shape index (κ3) is 16.6. The summed E-state index contributed by atoms with van der Waals surface area (Å²) in [5.41, 5.74) is 3.42. The van der Waals surface area contributed by atoms with Gasteiger partial charge >= 0.3 is 36.2 Å². The number of rotatable bonds is 4. The molecule has 2 rings (SSSR count). The fourth-order valence-corrected chi connectivity index (χ4v) is 6.31. The van der Waals surface area contributed by atoms with E-state index in [1.165, 1.54) is 49.7 Å². The number of carboxylic acid groups (broad SMARTS) is 2. The van der Waals surface area contributed by atoms with Crippen LogP contribution in [0.1, 0.15) is 133 Å². The van der Waals surface area contributed by atoms with Crippen LogP contribution in [0.3, 0.4) is 0 Å². The maximum absolute atomic E-state index is 11.2. The average Bonchev–Trinajstić information content (AvgIpc) is 2.91. The summed E-state index contributed by atoms with van der Waals surface area (Å²) >= 11 is 0. The lowest BCUT2D eigenvalue weighted by Gasteiger charge is -2.34. The largest absolute Gasteiger partial charge is 0.558 e. The first-order chi connectivity index (χ1) is 21.1. The minimum atomic E-state index is -1.54. The quantitative estimate of drug-likeness (QED) is 0.0974. The van der Waals surface area contributed by atoms with Crippen LogP contribution in [0.5, 0.6) is 0 Å². The van der Waals surface area contributed by atoms with Gasteiger partial charge in [0.25, 0.3) is 0 Å². The van der Waals surface area contributed by atoms with Gasteiger partial charge in [-0.25, -0.2) is 9.59 Å². The number of ether oxygens (including phenoxy) is 2. The highest BCUT2D eigenvalue weighted by Gasteiger charge is 2.31. The van der Waals surface area contributed by atoms with Crippen molar-refractivity contribution in [3.8, 4) is 0 Å². The molecule has 0 heterocycles. The van der Waals surface area contributed by atoms with Gasteiger partial charge in [0.15, 0.2) is 0 Å². The van der Waals surface area contributed by atoms with Crippen molar-refractivity contribution in [2.45, 2.75) is 133 Å². The number of esters is 2. The van der Waals surface area contributed by atoms with Crippen molar-refractivity contribution >= 4 is 36.2 Å². The number of carbonyl (C=O) groups is 6. The molecule has 2 saturated carbocycles. The zero-order valence-electron chi connectivity index (χ0n) is 29.2. The van der Waals surface area contributed by atoms with Crippen LogP contribution in [0.25, 0.3) is 0 Å². The van der Waals surface area contributed by atoms with Crippen LogP contribution in [0.4, 0.5) is 9.59 Å². The smallest absolute Gasteiger partial charge is 0.478 e. The van der Waals surface area contributed by atoms with Crippen molar-refractivity contribution < 1.29 is 58.2 Å². The lowest BCUT2D eigenvalue weighted by molar-refractivity contribution is -0.217. The van der Waals surface area contributed by atoms with Gasteiger partial charge in [0.05, 0.1) is 0 Å². The van der Waals surface area contributed by atoms with E-state index < -0.39 is 36.2 Å².